The van der Waals surface area contributed by atoms with Gasteiger partial charge >= 0.3 is 0 Å². The summed E-state index contributed by atoms with van der Waals surface area (Å²) >= 11 is 5.83. The molecule has 5 nitrogen and oxygen atoms in total. The van der Waals surface area contributed by atoms with Gasteiger partial charge in [0.25, 0.3) is 5.91 Å². The molecule has 2 aliphatic rings. The fourth-order valence-corrected chi connectivity index (χ4v) is 4.36. The van der Waals surface area contributed by atoms with Crippen LogP contribution >= 0.6 is 11.6 Å². The third-order valence-corrected chi connectivity index (χ3v) is 5.96. The number of amides is 2. The summed E-state index contributed by atoms with van der Waals surface area (Å²) in [5, 5.41) is 3.58. The monoisotopic (exact) mass is 395 g/mol. The number of rotatable bonds is 5. The number of benzene rings is 1. The highest BCUT2D eigenvalue weighted by molar-refractivity contribution is 6.31. The molecule has 2 aliphatic heterocycles. The molecule has 2 heterocycles. The van der Waals surface area contributed by atoms with Crippen LogP contribution in [0.3, 0.4) is 0 Å². The van der Waals surface area contributed by atoms with Crippen LogP contribution < -0.4 is 5.32 Å². The number of nitrogens with one attached hydrogen (secondary N) is 1. The number of halogens is 2. The van der Waals surface area contributed by atoms with Crippen LogP contribution in [-0.4, -0.2) is 61.4 Å². The number of carbonyl (C=O) groups excluding carboxylic acids is 2. The molecule has 0 radical (unpaired) electrons. The van der Waals surface area contributed by atoms with Crippen molar-refractivity contribution in [3.8, 4) is 0 Å². The Morgan fingerprint density at radius 1 is 1.33 bits per heavy atom. The molecule has 3 atom stereocenters. The first-order valence-electron chi connectivity index (χ1n) is 9.53. The average molecular weight is 396 g/mol. The molecule has 0 saturated carbocycles. The second kappa shape index (κ2) is 8.57. The topological polar surface area (TPSA) is 52.7 Å². The number of hydrogen-bond acceptors (Lipinski definition) is 3. The van der Waals surface area contributed by atoms with Crippen molar-refractivity contribution in [2.45, 2.75) is 31.7 Å². The van der Waals surface area contributed by atoms with Gasteiger partial charge in [0.05, 0.1) is 5.02 Å². The third-order valence-electron chi connectivity index (χ3n) is 5.67. The number of nitrogens with zero attached hydrogens (tertiary/aromatic N) is 2. The van der Waals surface area contributed by atoms with E-state index in [4.69, 9.17) is 11.6 Å². The van der Waals surface area contributed by atoms with Crippen LogP contribution in [0.4, 0.5) is 4.39 Å². The molecule has 2 amide bonds. The van der Waals surface area contributed by atoms with Gasteiger partial charge in [0, 0.05) is 45.2 Å². The van der Waals surface area contributed by atoms with Crippen molar-refractivity contribution in [2.75, 3.05) is 33.7 Å². The van der Waals surface area contributed by atoms with Crippen molar-refractivity contribution < 1.29 is 14.0 Å². The highest BCUT2D eigenvalue weighted by Gasteiger charge is 2.38. The number of fused-ring (bicyclic) bond motifs is 2. The van der Waals surface area contributed by atoms with Gasteiger partial charge in [-0.05, 0) is 55.8 Å². The Bertz CT molecular complexity index is 712. The largest absolute Gasteiger partial charge is 0.349 e. The normalized spacial score (nSPS) is 24.6. The van der Waals surface area contributed by atoms with Gasteiger partial charge in [-0.25, -0.2) is 4.39 Å². The van der Waals surface area contributed by atoms with E-state index in [-0.39, 0.29) is 16.8 Å². The quantitative estimate of drug-likeness (QED) is 0.834. The van der Waals surface area contributed by atoms with Crippen molar-refractivity contribution in [1.29, 1.82) is 0 Å². The Labute approximate surface area is 164 Å². The van der Waals surface area contributed by atoms with Gasteiger partial charge in [-0.15, -0.1) is 0 Å². The van der Waals surface area contributed by atoms with Gasteiger partial charge < -0.3 is 15.1 Å². The Kier molecular flexibility index (Phi) is 6.37. The molecular weight excluding hydrogens is 369 g/mol. The zero-order valence-corrected chi connectivity index (χ0v) is 16.6. The molecule has 1 aromatic rings. The smallest absolute Gasteiger partial charge is 0.253 e. The van der Waals surface area contributed by atoms with E-state index in [2.05, 4.69) is 5.32 Å². The molecule has 2 saturated heterocycles. The van der Waals surface area contributed by atoms with Gasteiger partial charge in [0.1, 0.15) is 5.82 Å². The zero-order valence-electron chi connectivity index (χ0n) is 15.9. The number of likely N-dealkylation sites (tertiary alicyclic amines) is 1. The van der Waals surface area contributed by atoms with E-state index >= 15 is 0 Å². The molecule has 7 heteroatoms. The van der Waals surface area contributed by atoms with Crippen LogP contribution in [0.5, 0.6) is 0 Å². The Morgan fingerprint density at radius 2 is 2.11 bits per heavy atom. The van der Waals surface area contributed by atoms with E-state index in [9.17, 15) is 14.0 Å². The first-order chi connectivity index (χ1) is 12.8. The van der Waals surface area contributed by atoms with Crippen LogP contribution in [0.1, 0.15) is 36.0 Å². The maximum absolute atomic E-state index is 13.4. The zero-order chi connectivity index (χ0) is 19.6. The minimum absolute atomic E-state index is 0.0249. The summed E-state index contributed by atoms with van der Waals surface area (Å²) in [5.74, 6) is 0.364. The predicted octanol–water partition coefficient (Wildman–Crippen LogP) is 2.79. The summed E-state index contributed by atoms with van der Waals surface area (Å²) in [5.41, 5.74) is 0.433. The molecule has 2 fully saturated rings. The standard InChI is InChI=1S/C20H27ClFN3O2/c1-24(2)19(26)5-3-4-18-15-8-13(10-23-18)11-25(12-15)20(27)14-6-7-17(22)16(21)9-14/h6-7,9,13,15,18,23H,3-5,8,10-12H2,1-2H3/t13-,15+,18+/m0/s1. The lowest BCUT2D eigenvalue weighted by Crippen LogP contribution is -2.57. The molecule has 2 bridgehead atoms. The van der Waals surface area contributed by atoms with Crippen LogP contribution in [0.25, 0.3) is 0 Å². The lowest BCUT2D eigenvalue weighted by atomic mass is 9.79. The number of hydrogen-bond donors (Lipinski definition) is 1. The van der Waals surface area contributed by atoms with Crippen molar-refractivity contribution >= 4 is 23.4 Å². The SMILES string of the molecule is CN(C)C(=O)CCC[C@H]1NC[C@@H]2C[C@@H]1CN(C(=O)c1ccc(F)c(Cl)c1)C2. The molecule has 1 aromatic carbocycles. The minimum atomic E-state index is -0.514. The van der Waals surface area contributed by atoms with Crippen LogP contribution in [-0.2, 0) is 4.79 Å². The summed E-state index contributed by atoms with van der Waals surface area (Å²) in [6.45, 7) is 2.28. The number of carbonyl (C=O) groups is 2. The van der Waals surface area contributed by atoms with Crippen molar-refractivity contribution in [3.05, 3.63) is 34.6 Å². The second-order valence-corrected chi connectivity index (χ2v) is 8.30. The molecule has 3 rings (SSSR count). The van der Waals surface area contributed by atoms with Crippen LogP contribution in [0.15, 0.2) is 18.2 Å². The Balaban J connectivity index is 1.60. The van der Waals surface area contributed by atoms with Gasteiger partial charge in [-0.1, -0.05) is 11.6 Å². The maximum atomic E-state index is 13.4. The average Bonchev–Trinajstić information content (AvgIpc) is 2.64. The van der Waals surface area contributed by atoms with Gasteiger partial charge in [-0.3, -0.25) is 9.59 Å². The van der Waals surface area contributed by atoms with Gasteiger partial charge in [0.2, 0.25) is 5.91 Å². The summed E-state index contributed by atoms with van der Waals surface area (Å²) in [6.07, 6.45) is 3.43. The summed E-state index contributed by atoms with van der Waals surface area (Å²) < 4.78 is 13.4. The lowest BCUT2D eigenvalue weighted by molar-refractivity contribution is -0.128. The fraction of sp³-hybridized carbons (Fsp3) is 0.600. The number of piperidine rings is 2. The predicted molar refractivity (Wildman–Crippen MR) is 103 cm³/mol. The highest BCUT2D eigenvalue weighted by atomic mass is 35.5. The van der Waals surface area contributed by atoms with E-state index in [1.54, 1.807) is 19.0 Å². The molecule has 27 heavy (non-hydrogen) atoms. The molecule has 148 valence electrons. The molecular formula is C20H27ClFN3O2. The van der Waals surface area contributed by atoms with Crippen molar-refractivity contribution in [1.82, 2.24) is 15.1 Å². The second-order valence-electron chi connectivity index (χ2n) is 7.90. The van der Waals surface area contributed by atoms with Gasteiger partial charge in [-0.2, -0.15) is 0 Å². The summed E-state index contributed by atoms with van der Waals surface area (Å²) in [4.78, 5) is 28.1. The summed E-state index contributed by atoms with van der Waals surface area (Å²) in [6, 6.07) is 4.47. The van der Waals surface area contributed by atoms with E-state index in [1.807, 2.05) is 4.90 Å². The van der Waals surface area contributed by atoms with E-state index in [1.165, 1.54) is 18.2 Å². The van der Waals surface area contributed by atoms with Gasteiger partial charge in [0.15, 0.2) is 0 Å². The molecule has 0 aromatic heterocycles. The maximum Gasteiger partial charge on any atom is 0.253 e. The third kappa shape index (κ3) is 4.79. The van der Waals surface area contributed by atoms with E-state index in [0.717, 1.165) is 25.8 Å². The van der Waals surface area contributed by atoms with Crippen LogP contribution in [0, 0.1) is 17.7 Å². The fourth-order valence-electron chi connectivity index (χ4n) is 4.18. The minimum Gasteiger partial charge on any atom is -0.349 e. The highest BCUT2D eigenvalue weighted by Crippen LogP contribution is 2.31. The molecule has 1 N–H and O–H groups in total. The summed E-state index contributed by atoms with van der Waals surface area (Å²) in [7, 11) is 3.55. The molecule has 0 spiro atoms. The van der Waals surface area contributed by atoms with Crippen LogP contribution in [0.2, 0.25) is 5.02 Å². The Morgan fingerprint density at radius 3 is 2.81 bits per heavy atom. The lowest BCUT2D eigenvalue weighted by Gasteiger charge is -2.46. The Hall–Kier alpha value is -1.66. The van der Waals surface area contributed by atoms with E-state index in [0.29, 0.717) is 43.0 Å². The molecule has 0 aliphatic carbocycles. The van der Waals surface area contributed by atoms with E-state index < -0.39 is 5.82 Å². The molecule has 0 unspecified atom stereocenters. The first kappa shape index (κ1) is 20.1. The van der Waals surface area contributed by atoms with Crippen molar-refractivity contribution in [2.24, 2.45) is 11.8 Å². The first-order valence-corrected chi connectivity index (χ1v) is 9.90. The van der Waals surface area contributed by atoms with Crippen molar-refractivity contribution in [3.63, 3.8) is 0 Å².